The van der Waals surface area contributed by atoms with Crippen LogP contribution in [0.2, 0.25) is 0 Å². The maximum absolute atomic E-state index is 13.1. The number of benzene rings is 1. The standard InChI is InChI=1S/C22H18N2O4/c1-14-9-10-17(28-14)20(25)18-19(16-7-3-2-4-8-16)24(22(27)21(18)26)13-15-6-5-11-23-12-15/h2-12,19,26H,13H2,1H3. The second kappa shape index (κ2) is 7.15. The van der Waals surface area contributed by atoms with Gasteiger partial charge in [0.05, 0.1) is 11.6 Å². The highest BCUT2D eigenvalue weighted by Crippen LogP contribution is 2.39. The number of aryl methyl sites for hydroxylation is 1. The number of carbonyl (C=O) groups is 2. The summed E-state index contributed by atoms with van der Waals surface area (Å²) in [5, 5.41) is 10.6. The maximum Gasteiger partial charge on any atom is 0.290 e. The van der Waals surface area contributed by atoms with Gasteiger partial charge < -0.3 is 14.4 Å². The van der Waals surface area contributed by atoms with Crippen molar-refractivity contribution in [2.75, 3.05) is 0 Å². The molecule has 1 aliphatic heterocycles. The summed E-state index contributed by atoms with van der Waals surface area (Å²) in [6.45, 7) is 1.94. The molecule has 0 bridgehead atoms. The third-order valence-electron chi connectivity index (χ3n) is 4.70. The number of hydrogen-bond donors (Lipinski definition) is 1. The van der Waals surface area contributed by atoms with Gasteiger partial charge in [0.25, 0.3) is 5.91 Å². The van der Waals surface area contributed by atoms with Gasteiger partial charge in [0, 0.05) is 18.9 Å². The molecule has 28 heavy (non-hydrogen) atoms. The number of aliphatic hydroxyl groups excluding tert-OH is 1. The lowest BCUT2D eigenvalue weighted by atomic mass is 9.95. The van der Waals surface area contributed by atoms with Crippen molar-refractivity contribution in [1.29, 1.82) is 0 Å². The first-order chi connectivity index (χ1) is 13.6. The Hall–Kier alpha value is -3.67. The molecule has 0 saturated heterocycles. The van der Waals surface area contributed by atoms with Gasteiger partial charge >= 0.3 is 0 Å². The van der Waals surface area contributed by atoms with E-state index in [1.807, 2.05) is 36.4 Å². The van der Waals surface area contributed by atoms with E-state index in [0.29, 0.717) is 5.76 Å². The van der Waals surface area contributed by atoms with Crippen molar-refractivity contribution in [1.82, 2.24) is 9.88 Å². The predicted octanol–water partition coefficient (Wildman–Crippen LogP) is 3.76. The van der Waals surface area contributed by atoms with E-state index in [2.05, 4.69) is 4.98 Å². The fraction of sp³-hybridized carbons (Fsp3) is 0.136. The van der Waals surface area contributed by atoms with Crippen LogP contribution in [0, 0.1) is 6.92 Å². The van der Waals surface area contributed by atoms with Crippen LogP contribution in [0.3, 0.4) is 0 Å². The molecule has 0 spiro atoms. The van der Waals surface area contributed by atoms with Crippen LogP contribution in [0.4, 0.5) is 0 Å². The number of nitrogens with zero attached hydrogens (tertiary/aromatic N) is 2. The predicted molar refractivity (Wildman–Crippen MR) is 101 cm³/mol. The van der Waals surface area contributed by atoms with E-state index >= 15 is 0 Å². The highest BCUT2D eigenvalue weighted by Gasteiger charge is 2.44. The Bertz CT molecular complexity index is 1050. The number of aromatic nitrogens is 1. The van der Waals surface area contributed by atoms with Crippen LogP contribution < -0.4 is 0 Å². The highest BCUT2D eigenvalue weighted by atomic mass is 16.3. The van der Waals surface area contributed by atoms with E-state index in [4.69, 9.17) is 4.42 Å². The lowest BCUT2D eigenvalue weighted by Crippen LogP contribution is -2.30. The lowest BCUT2D eigenvalue weighted by molar-refractivity contribution is -0.130. The number of Topliss-reactive ketones (excluding diaryl/α,β-unsaturated/α-hetero) is 1. The molecule has 6 heteroatoms. The van der Waals surface area contributed by atoms with Crippen LogP contribution >= 0.6 is 0 Å². The first-order valence-corrected chi connectivity index (χ1v) is 8.85. The molecule has 0 saturated carbocycles. The Kier molecular flexibility index (Phi) is 4.53. The minimum atomic E-state index is -0.716. The molecule has 1 aliphatic rings. The van der Waals surface area contributed by atoms with Crippen molar-refractivity contribution >= 4 is 11.7 Å². The van der Waals surface area contributed by atoms with E-state index in [1.54, 1.807) is 37.5 Å². The average molecular weight is 374 g/mol. The molecule has 2 aromatic heterocycles. The molecule has 0 aliphatic carbocycles. The number of ketones is 1. The molecule has 0 radical (unpaired) electrons. The molecule has 1 aromatic carbocycles. The SMILES string of the molecule is Cc1ccc(C(=O)C2=C(O)C(=O)N(Cc3cccnc3)C2c2ccccc2)o1. The van der Waals surface area contributed by atoms with E-state index in [9.17, 15) is 14.7 Å². The van der Waals surface area contributed by atoms with Crippen LogP contribution in [0.1, 0.15) is 33.5 Å². The van der Waals surface area contributed by atoms with Crippen molar-refractivity contribution in [3.63, 3.8) is 0 Å². The molecule has 1 N–H and O–H groups in total. The highest BCUT2D eigenvalue weighted by molar-refractivity contribution is 6.15. The summed E-state index contributed by atoms with van der Waals surface area (Å²) < 4.78 is 5.44. The quantitative estimate of drug-likeness (QED) is 0.688. The van der Waals surface area contributed by atoms with Crippen LogP contribution in [0.25, 0.3) is 0 Å². The van der Waals surface area contributed by atoms with Gasteiger partial charge in [-0.05, 0) is 36.2 Å². The zero-order valence-electron chi connectivity index (χ0n) is 15.2. The van der Waals surface area contributed by atoms with E-state index in [1.165, 1.54) is 4.90 Å². The minimum Gasteiger partial charge on any atom is -0.503 e. The van der Waals surface area contributed by atoms with Crippen LogP contribution in [0.5, 0.6) is 0 Å². The lowest BCUT2D eigenvalue weighted by Gasteiger charge is -2.26. The van der Waals surface area contributed by atoms with Crippen molar-refractivity contribution < 1.29 is 19.1 Å². The minimum absolute atomic E-state index is 0.0226. The van der Waals surface area contributed by atoms with Crippen molar-refractivity contribution in [3.05, 3.63) is 101 Å². The van der Waals surface area contributed by atoms with Gasteiger partial charge in [0.2, 0.25) is 5.78 Å². The molecule has 0 fully saturated rings. The first kappa shape index (κ1) is 17.7. The molecule has 3 aromatic rings. The Balaban J connectivity index is 1.79. The summed E-state index contributed by atoms with van der Waals surface area (Å²) in [7, 11) is 0. The molecule has 6 nitrogen and oxygen atoms in total. The molecule has 3 heterocycles. The van der Waals surface area contributed by atoms with Crippen molar-refractivity contribution in [2.45, 2.75) is 19.5 Å². The second-order valence-corrected chi connectivity index (χ2v) is 6.61. The number of rotatable bonds is 5. The van der Waals surface area contributed by atoms with Crippen molar-refractivity contribution in [3.8, 4) is 0 Å². The van der Waals surface area contributed by atoms with Gasteiger partial charge in [-0.1, -0.05) is 36.4 Å². The van der Waals surface area contributed by atoms with Crippen LogP contribution in [0.15, 0.2) is 82.7 Å². The Morgan fingerprint density at radius 3 is 2.57 bits per heavy atom. The molecule has 1 unspecified atom stereocenters. The van der Waals surface area contributed by atoms with Gasteiger partial charge in [0.15, 0.2) is 11.5 Å². The Morgan fingerprint density at radius 1 is 1.14 bits per heavy atom. The summed E-state index contributed by atoms with van der Waals surface area (Å²) in [5.74, 6) is -0.963. The normalized spacial score (nSPS) is 16.7. The van der Waals surface area contributed by atoms with E-state index in [-0.39, 0.29) is 17.9 Å². The Labute approximate surface area is 161 Å². The Morgan fingerprint density at radius 2 is 1.93 bits per heavy atom. The van der Waals surface area contributed by atoms with Gasteiger partial charge in [-0.15, -0.1) is 0 Å². The van der Waals surface area contributed by atoms with Gasteiger partial charge in [-0.2, -0.15) is 0 Å². The van der Waals surface area contributed by atoms with Crippen molar-refractivity contribution in [2.24, 2.45) is 0 Å². The molecule has 140 valence electrons. The molecule has 1 amide bonds. The van der Waals surface area contributed by atoms with E-state index in [0.717, 1.165) is 11.1 Å². The topological polar surface area (TPSA) is 83.6 Å². The third-order valence-corrected chi connectivity index (χ3v) is 4.70. The zero-order chi connectivity index (χ0) is 19.7. The monoisotopic (exact) mass is 374 g/mol. The molecular formula is C22H18N2O4. The number of furan rings is 1. The third kappa shape index (κ3) is 3.09. The number of carbonyl (C=O) groups excluding carboxylic acids is 2. The van der Waals surface area contributed by atoms with Gasteiger partial charge in [0.1, 0.15) is 5.76 Å². The fourth-order valence-electron chi connectivity index (χ4n) is 3.41. The van der Waals surface area contributed by atoms with Gasteiger partial charge in [-0.3, -0.25) is 14.6 Å². The smallest absolute Gasteiger partial charge is 0.290 e. The zero-order valence-corrected chi connectivity index (χ0v) is 15.2. The number of aliphatic hydroxyl groups is 1. The summed E-state index contributed by atoms with van der Waals surface area (Å²) in [6.07, 6.45) is 3.30. The number of pyridine rings is 1. The largest absolute Gasteiger partial charge is 0.503 e. The number of amides is 1. The summed E-state index contributed by atoms with van der Waals surface area (Å²) in [6, 6.07) is 15.3. The summed E-state index contributed by atoms with van der Waals surface area (Å²) in [5.41, 5.74) is 1.55. The summed E-state index contributed by atoms with van der Waals surface area (Å²) >= 11 is 0. The van der Waals surface area contributed by atoms with Gasteiger partial charge in [-0.25, -0.2) is 0 Å². The van der Waals surface area contributed by atoms with Crippen LogP contribution in [-0.2, 0) is 11.3 Å². The van der Waals surface area contributed by atoms with E-state index < -0.39 is 23.5 Å². The summed E-state index contributed by atoms with van der Waals surface area (Å²) in [4.78, 5) is 31.5. The first-order valence-electron chi connectivity index (χ1n) is 8.85. The molecule has 4 rings (SSSR count). The number of hydrogen-bond acceptors (Lipinski definition) is 5. The second-order valence-electron chi connectivity index (χ2n) is 6.61. The molecule has 1 atom stereocenters. The average Bonchev–Trinajstić information content (AvgIpc) is 3.26. The maximum atomic E-state index is 13.1. The molecular weight excluding hydrogens is 356 g/mol. The van der Waals surface area contributed by atoms with Crippen LogP contribution in [-0.4, -0.2) is 26.7 Å². The fourth-order valence-corrected chi connectivity index (χ4v) is 3.41.